The Hall–Kier alpha value is 1.48. The lowest BCUT2D eigenvalue weighted by Crippen LogP contribution is -1.72. The molecule has 0 bridgehead atoms. The van der Waals surface area contributed by atoms with E-state index in [9.17, 15) is 0 Å². The first-order valence-electron chi connectivity index (χ1n) is 2.12. The monoisotopic (exact) mass is 173 g/mol. The van der Waals surface area contributed by atoms with Gasteiger partial charge in [0.05, 0.1) is 6.16 Å². The lowest BCUT2D eigenvalue weighted by atomic mass is 10.6. The number of hydrogen-bond acceptors (Lipinski definition) is 3. The second-order valence-corrected chi connectivity index (χ2v) is 12.2. The van der Waals surface area contributed by atoms with Crippen LogP contribution in [0.5, 0.6) is 0 Å². The van der Waals surface area contributed by atoms with Gasteiger partial charge in [-0.05, 0) is 6.42 Å². The molecule has 0 aromatic carbocycles. The van der Waals surface area contributed by atoms with Crippen LogP contribution in [0.3, 0.4) is 0 Å². The molecule has 0 aliphatic heterocycles. The van der Waals surface area contributed by atoms with E-state index in [1.54, 1.807) is 0 Å². The van der Waals surface area contributed by atoms with Crippen molar-refractivity contribution in [2.75, 3.05) is 6.16 Å². The molecule has 0 radical (unpaired) electrons. The Morgan fingerprint density at radius 1 is 1.29 bits per heavy atom. The van der Waals surface area contributed by atoms with E-state index in [2.05, 4.69) is 43.7 Å². The SMILES string of the molecule is CCC[P+](S)(S)S. The summed E-state index contributed by atoms with van der Waals surface area (Å²) in [5, 5.41) is 0. The summed E-state index contributed by atoms with van der Waals surface area (Å²) in [6, 6.07) is 0. The molecule has 0 rings (SSSR count). The molecule has 0 heterocycles. The minimum absolute atomic E-state index is 1.04. The third-order valence-corrected chi connectivity index (χ3v) is 3.37. The van der Waals surface area contributed by atoms with Crippen molar-refractivity contribution in [2.45, 2.75) is 13.3 Å². The van der Waals surface area contributed by atoms with Gasteiger partial charge in [0.25, 0.3) is 0 Å². The summed E-state index contributed by atoms with van der Waals surface area (Å²) in [6.07, 6.45) is 2.17. The quantitative estimate of drug-likeness (QED) is 0.415. The molecule has 0 saturated heterocycles. The van der Waals surface area contributed by atoms with Crippen molar-refractivity contribution >= 4 is 41.6 Å². The predicted octanol–water partition coefficient (Wildman–Crippen LogP) is 2.95. The molecule has 0 N–H and O–H groups in total. The van der Waals surface area contributed by atoms with Crippen LogP contribution in [0.25, 0.3) is 0 Å². The first-order valence-corrected chi connectivity index (χ1v) is 7.56. The summed E-state index contributed by atoms with van der Waals surface area (Å²) in [7, 11) is 0. The lowest BCUT2D eigenvalue weighted by molar-refractivity contribution is 1.10. The van der Waals surface area contributed by atoms with Crippen molar-refractivity contribution < 1.29 is 0 Å². The van der Waals surface area contributed by atoms with E-state index < -0.39 is 4.87 Å². The Morgan fingerprint density at radius 3 is 1.71 bits per heavy atom. The van der Waals surface area contributed by atoms with Crippen LogP contribution in [0.15, 0.2) is 0 Å². The fourth-order valence-corrected chi connectivity index (χ4v) is 2.70. The average Bonchev–Trinajstić information content (AvgIpc) is 1.30. The van der Waals surface area contributed by atoms with Crippen LogP contribution in [-0.4, -0.2) is 6.16 Å². The van der Waals surface area contributed by atoms with Crippen LogP contribution < -0.4 is 0 Å². The zero-order valence-corrected chi connectivity index (χ0v) is 7.78. The molecule has 0 atom stereocenters. The Balaban J connectivity index is 3.15. The Labute approximate surface area is 61.3 Å². The smallest absolute Gasteiger partial charge is 0.0618 e. The molecule has 7 heavy (non-hydrogen) atoms. The fraction of sp³-hybridized carbons (Fsp3) is 1.00. The molecule has 0 aliphatic rings. The van der Waals surface area contributed by atoms with Crippen LogP contribution in [0, 0.1) is 0 Å². The van der Waals surface area contributed by atoms with Gasteiger partial charge in [-0.25, -0.2) is 0 Å². The van der Waals surface area contributed by atoms with Crippen LogP contribution in [0.2, 0.25) is 0 Å². The molecule has 0 fully saturated rings. The van der Waals surface area contributed by atoms with E-state index in [4.69, 9.17) is 0 Å². The Bertz CT molecular complexity index is 48.6. The third kappa shape index (κ3) is 7.48. The summed E-state index contributed by atoms with van der Waals surface area (Å²) < 4.78 is 0. The lowest BCUT2D eigenvalue weighted by Gasteiger charge is -2.00. The maximum absolute atomic E-state index is 4.17. The molecule has 0 amide bonds. The molecule has 44 valence electrons. The van der Waals surface area contributed by atoms with E-state index in [0.717, 1.165) is 12.6 Å². The molecule has 0 aliphatic carbocycles. The number of thiol groups is 3. The molecule has 0 saturated carbocycles. The Kier molecular flexibility index (Phi) is 4.23. The van der Waals surface area contributed by atoms with E-state index in [-0.39, 0.29) is 0 Å². The zero-order chi connectivity index (χ0) is 5.91. The van der Waals surface area contributed by atoms with Gasteiger partial charge >= 0.3 is 0 Å². The largest absolute Gasteiger partial charge is 0.180 e. The minimum atomic E-state index is -1.33. The maximum Gasteiger partial charge on any atom is 0.180 e. The highest BCUT2D eigenvalue weighted by Gasteiger charge is 2.21. The van der Waals surface area contributed by atoms with Gasteiger partial charge in [-0.15, -0.1) is 0 Å². The molecular weight excluding hydrogens is 163 g/mol. The molecular formula is C3H10PS3+. The summed E-state index contributed by atoms with van der Waals surface area (Å²) >= 11 is 12.5. The number of hydrogen-bond donors (Lipinski definition) is 3. The highest BCUT2D eigenvalue weighted by atomic mass is 33.4. The normalized spacial score (nSPS) is 12.0. The Morgan fingerprint density at radius 2 is 1.71 bits per heavy atom. The predicted molar refractivity (Wildman–Crippen MR) is 49.0 cm³/mol. The van der Waals surface area contributed by atoms with Crippen LogP contribution in [0.4, 0.5) is 0 Å². The van der Waals surface area contributed by atoms with Gasteiger partial charge in [-0.3, -0.25) is 0 Å². The molecule has 4 heteroatoms. The topological polar surface area (TPSA) is 0 Å². The van der Waals surface area contributed by atoms with E-state index in [1.807, 2.05) is 0 Å². The van der Waals surface area contributed by atoms with Crippen molar-refractivity contribution in [1.29, 1.82) is 0 Å². The van der Waals surface area contributed by atoms with Crippen molar-refractivity contribution in [3.63, 3.8) is 0 Å². The van der Waals surface area contributed by atoms with Gasteiger partial charge in [0.1, 0.15) is 0 Å². The van der Waals surface area contributed by atoms with Crippen molar-refractivity contribution in [3.05, 3.63) is 0 Å². The molecule has 0 unspecified atom stereocenters. The van der Waals surface area contributed by atoms with Gasteiger partial charge in [-0.1, -0.05) is 6.92 Å². The van der Waals surface area contributed by atoms with Crippen LogP contribution in [-0.2, 0) is 0 Å². The van der Waals surface area contributed by atoms with Crippen molar-refractivity contribution in [3.8, 4) is 0 Å². The standard InChI is InChI=1S/C3H10PS3/c1-2-3-4(5,6)7/h5-7H,2-3H2,1H3/q+1. The second kappa shape index (κ2) is 3.49. The van der Waals surface area contributed by atoms with Crippen LogP contribution >= 0.6 is 41.6 Å². The fourth-order valence-electron chi connectivity index (χ4n) is 0.300. The van der Waals surface area contributed by atoms with Gasteiger partial charge in [0.15, 0.2) is 4.87 Å². The van der Waals surface area contributed by atoms with Gasteiger partial charge in [-0.2, -0.15) is 0 Å². The average molecular weight is 173 g/mol. The van der Waals surface area contributed by atoms with Crippen molar-refractivity contribution in [1.82, 2.24) is 0 Å². The molecule has 0 spiro atoms. The summed E-state index contributed by atoms with van der Waals surface area (Å²) in [6.45, 7) is 2.11. The van der Waals surface area contributed by atoms with E-state index in [1.165, 1.54) is 0 Å². The number of rotatable bonds is 2. The van der Waals surface area contributed by atoms with Gasteiger partial charge in [0, 0.05) is 36.7 Å². The third-order valence-electron chi connectivity index (χ3n) is 0.524. The first kappa shape index (κ1) is 8.48. The van der Waals surface area contributed by atoms with E-state index in [0.29, 0.717) is 0 Å². The molecule has 0 aromatic heterocycles. The highest BCUT2D eigenvalue weighted by molar-refractivity contribution is 9.09. The summed E-state index contributed by atoms with van der Waals surface area (Å²) in [5.41, 5.74) is 0. The van der Waals surface area contributed by atoms with Crippen LogP contribution in [0.1, 0.15) is 13.3 Å². The summed E-state index contributed by atoms with van der Waals surface area (Å²) in [4.78, 5) is -1.33. The van der Waals surface area contributed by atoms with Gasteiger partial charge in [0.2, 0.25) is 0 Å². The molecule has 0 aromatic rings. The zero-order valence-electron chi connectivity index (χ0n) is 4.20. The highest BCUT2D eigenvalue weighted by Crippen LogP contribution is 2.72. The maximum atomic E-state index is 4.17. The molecule has 0 nitrogen and oxygen atoms in total. The summed E-state index contributed by atoms with van der Waals surface area (Å²) in [5.74, 6) is 0. The van der Waals surface area contributed by atoms with Crippen molar-refractivity contribution in [2.24, 2.45) is 0 Å². The van der Waals surface area contributed by atoms with E-state index >= 15 is 0 Å². The van der Waals surface area contributed by atoms with Gasteiger partial charge < -0.3 is 0 Å². The second-order valence-electron chi connectivity index (χ2n) is 1.42. The first-order chi connectivity index (χ1) is 3.06. The minimum Gasteiger partial charge on any atom is -0.0618 e.